The normalized spacial score (nSPS) is 12.2. The van der Waals surface area contributed by atoms with E-state index in [4.69, 9.17) is 4.74 Å². The maximum Gasteiger partial charge on any atom is 0.317 e. The second-order valence-corrected chi connectivity index (χ2v) is 6.81. The van der Waals surface area contributed by atoms with Crippen molar-refractivity contribution in [3.63, 3.8) is 0 Å². The van der Waals surface area contributed by atoms with E-state index in [1.807, 2.05) is 50.0 Å². The lowest BCUT2D eigenvalue weighted by atomic mass is 10.2. The topological polar surface area (TPSA) is 59.4 Å². The first kappa shape index (κ1) is 18.5. The third-order valence-corrected chi connectivity index (χ3v) is 5.35. The number of nitrogens with one attached hydrogen (secondary N) is 1. The molecule has 1 N–H and O–H groups in total. The first-order valence-corrected chi connectivity index (χ1v) is 8.89. The van der Waals surface area contributed by atoms with Crippen LogP contribution < -0.4 is 5.32 Å². The number of hydrogen-bond donors (Lipinski definition) is 1. The van der Waals surface area contributed by atoms with Gasteiger partial charge < -0.3 is 15.0 Å². The second-order valence-electron chi connectivity index (χ2n) is 5.83. The van der Waals surface area contributed by atoms with E-state index < -0.39 is 0 Å². The number of ether oxygens (including phenoxy) is 1. The fourth-order valence-electron chi connectivity index (χ4n) is 2.57. The quantitative estimate of drug-likeness (QED) is 0.835. The molecule has 1 atom stereocenters. The van der Waals surface area contributed by atoms with Gasteiger partial charge in [0.1, 0.15) is 0 Å². The molecular formula is C17H26N4O2S. The largest absolute Gasteiger partial charge is 0.383 e. The molecule has 0 saturated heterocycles. The summed E-state index contributed by atoms with van der Waals surface area (Å²) in [6.45, 7) is 7.84. The van der Waals surface area contributed by atoms with Gasteiger partial charge in [0.25, 0.3) is 0 Å². The molecule has 0 bridgehead atoms. The average molecular weight is 350 g/mol. The Labute approximate surface area is 147 Å². The number of carbonyl (C=O) groups excluding carboxylic acids is 1. The van der Waals surface area contributed by atoms with Crippen molar-refractivity contribution >= 4 is 17.4 Å². The lowest BCUT2D eigenvalue weighted by Crippen LogP contribution is -2.38. The number of thiophene rings is 1. The maximum absolute atomic E-state index is 12.4. The minimum absolute atomic E-state index is 0.0524. The molecule has 0 fully saturated rings. The highest BCUT2D eigenvalue weighted by Gasteiger charge is 2.19. The van der Waals surface area contributed by atoms with Crippen LogP contribution in [0.15, 0.2) is 17.5 Å². The Bertz CT molecular complexity index is 666. The Morgan fingerprint density at radius 1 is 1.50 bits per heavy atom. The van der Waals surface area contributed by atoms with Crippen LogP contribution >= 0.6 is 11.3 Å². The summed E-state index contributed by atoms with van der Waals surface area (Å²) in [5, 5.41) is 9.55. The van der Waals surface area contributed by atoms with E-state index in [1.165, 1.54) is 4.88 Å². The van der Waals surface area contributed by atoms with Gasteiger partial charge in [-0.05, 0) is 32.2 Å². The van der Waals surface area contributed by atoms with Gasteiger partial charge in [0.05, 0.1) is 24.9 Å². The number of aromatic nitrogens is 2. The average Bonchev–Trinajstić information content (AvgIpc) is 3.19. The van der Waals surface area contributed by atoms with E-state index in [0.29, 0.717) is 19.7 Å². The first-order chi connectivity index (χ1) is 11.5. The summed E-state index contributed by atoms with van der Waals surface area (Å²) in [6, 6.07) is 4.02. The molecule has 24 heavy (non-hydrogen) atoms. The standard InChI is InChI=1S/C17H26N4O2S/c1-12-15(13(2)21(19-12)8-9-23-5)11-18-17(22)20(4)14(3)16-7-6-10-24-16/h6-7,10,14H,8-9,11H2,1-5H3,(H,18,22). The van der Waals surface area contributed by atoms with Crippen molar-refractivity contribution in [2.45, 2.75) is 39.9 Å². The van der Waals surface area contributed by atoms with Gasteiger partial charge >= 0.3 is 6.03 Å². The summed E-state index contributed by atoms with van der Waals surface area (Å²) in [4.78, 5) is 15.3. The van der Waals surface area contributed by atoms with E-state index >= 15 is 0 Å². The first-order valence-electron chi connectivity index (χ1n) is 8.01. The zero-order chi connectivity index (χ0) is 17.7. The van der Waals surface area contributed by atoms with Crippen molar-refractivity contribution in [1.29, 1.82) is 0 Å². The number of hydrogen-bond acceptors (Lipinski definition) is 4. The minimum Gasteiger partial charge on any atom is -0.383 e. The molecule has 0 radical (unpaired) electrons. The summed E-state index contributed by atoms with van der Waals surface area (Å²) in [7, 11) is 3.50. The van der Waals surface area contributed by atoms with Crippen LogP contribution in [0.3, 0.4) is 0 Å². The van der Waals surface area contributed by atoms with E-state index in [-0.39, 0.29) is 12.1 Å². The molecule has 2 amide bonds. The lowest BCUT2D eigenvalue weighted by molar-refractivity contribution is 0.182. The Kier molecular flexibility index (Phi) is 6.39. The molecule has 0 aliphatic carbocycles. The number of aryl methyl sites for hydroxylation is 1. The van der Waals surface area contributed by atoms with Crippen molar-refractivity contribution < 1.29 is 9.53 Å². The van der Waals surface area contributed by atoms with Crippen molar-refractivity contribution in [2.75, 3.05) is 20.8 Å². The Morgan fingerprint density at radius 3 is 2.88 bits per heavy atom. The van der Waals surface area contributed by atoms with Gasteiger partial charge in [-0.2, -0.15) is 5.10 Å². The zero-order valence-corrected chi connectivity index (χ0v) is 15.8. The molecule has 0 aliphatic rings. The molecule has 0 aromatic carbocycles. The molecule has 0 aliphatic heterocycles. The van der Waals surface area contributed by atoms with Gasteiger partial charge in [-0.25, -0.2) is 4.79 Å². The van der Waals surface area contributed by atoms with Crippen LogP contribution in [0.5, 0.6) is 0 Å². The predicted octanol–water partition coefficient (Wildman–Crippen LogP) is 3.11. The summed E-state index contributed by atoms with van der Waals surface area (Å²) in [6.07, 6.45) is 0. The van der Waals surface area contributed by atoms with Crippen molar-refractivity contribution in [3.8, 4) is 0 Å². The number of methoxy groups -OCH3 is 1. The molecule has 7 heteroatoms. The van der Waals surface area contributed by atoms with Gasteiger partial charge in [-0.3, -0.25) is 4.68 Å². The number of carbonyl (C=O) groups is 1. The monoisotopic (exact) mass is 350 g/mol. The third-order valence-electron chi connectivity index (χ3n) is 4.31. The molecule has 0 spiro atoms. The van der Waals surface area contributed by atoms with E-state index in [1.54, 1.807) is 23.3 Å². The van der Waals surface area contributed by atoms with E-state index in [0.717, 1.165) is 17.0 Å². The maximum atomic E-state index is 12.4. The molecule has 2 rings (SSSR count). The Balaban J connectivity index is 1.97. The van der Waals surface area contributed by atoms with Crippen LogP contribution in [0.4, 0.5) is 4.79 Å². The van der Waals surface area contributed by atoms with Gasteiger partial charge in [0.15, 0.2) is 0 Å². The van der Waals surface area contributed by atoms with Crippen LogP contribution in [-0.2, 0) is 17.8 Å². The summed E-state index contributed by atoms with van der Waals surface area (Å²) >= 11 is 1.66. The third kappa shape index (κ3) is 4.15. The second kappa shape index (κ2) is 8.30. The van der Waals surface area contributed by atoms with Crippen LogP contribution in [0.1, 0.15) is 34.8 Å². The number of rotatable bonds is 7. The highest BCUT2D eigenvalue weighted by molar-refractivity contribution is 7.10. The van der Waals surface area contributed by atoms with E-state index in [9.17, 15) is 4.79 Å². The predicted molar refractivity (Wildman–Crippen MR) is 96.3 cm³/mol. The van der Waals surface area contributed by atoms with Crippen LogP contribution in [-0.4, -0.2) is 41.5 Å². The summed E-state index contributed by atoms with van der Waals surface area (Å²) in [5.74, 6) is 0. The SMILES string of the molecule is COCCn1nc(C)c(CNC(=O)N(C)C(C)c2cccs2)c1C. The molecule has 1 unspecified atom stereocenters. The highest BCUT2D eigenvalue weighted by atomic mass is 32.1. The lowest BCUT2D eigenvalue weighted by Gasteiger charge is -2.24. The van der Waals surface area contributed by atoms with Crippen molar-refractivity contribution in [2.24, 2.45) is 0 Å². The Morgan fingerprint density at radius 2 is 2.25 bits per heavy atom. The summed E-state index contributed by atoms with van der Waals surface area (Å²) < 4.78 is 7.03. The van der Waals surface area contributed by atoms with Gasteiger partial charge in [-0.15, -0.1) is 11.3 Å². The Hall–Kier alpha value is -1.86. The van der Waals surface area contributed by atoms with Gasteiger partial charge in [-0.1, -0.05) is 6.07 Å². The van der Waals surface area contributed by atoms with Gasteiger partial charge in [0.2, 0.25) is 0 Å². The fraction of sp³-hybridized carbons (Fsp3) is 0.529. The molecule has 6 nitrogen and oxygen atoms in total. The fourth-order valence-corrected chi connectivity index (χ4v) is 3.40. The van der Waals surface area contributed by atoms with Crippen LogP contribution in [0, 0.1) is 13.8 Å². The number of amides is 2. The van der Waals surface area contributed by atoms with E-state index in [2.05, 4.69) is 10.4 Å². The number of nitrogens with zero attached hydrogens (tertiary/aromatic N) is 3. The molecule has 2 heterocycles. The molecule has 132 valence electrons. The van der Waals surface area contributed by atoms with Gasteiger partial charge in [0, 0.05) is 36.8 Å². The van der Waals surface area contributed by atoms with Crippen molar-refractivity contribution in [3.05, 3.63) is 39.3 Å². The smallest absolute Gasteiger partial charge is 0.317 e. The van der Waals surface area contributed by atoms with Crippen LogP contribution in [0.2, 0.25) is 0 Å². The highest BCUT2D eigenvalue weighted by Crippen LogP contribution is 2.23. The van der Waals surface area contributed by atoms with Crippen molar-refractivity contribution in [1.82, 2.24) is 20.0 Å². The molecule has 2 aromatic rings. The van der Waals surface area contributed by atoms with Crippen LogP contribution in [0.25, 0.3) is 0 Å². The minimum atomic E-state index is -0.0839. The zero-order valence-electron chi connectivity index (χ0n) is 15.0. The number of urea groups is 1. The summed E-state index contributed by atoms with van der Waals surface area (Å²) in [5.41, 5.74) is 3.08. The molecule has 2 aromatic heterocycles. The molecular weight excluding hydrogens is 324 g/mol. The molecule has 0 saturated carbocycles.